The van der Waals surface area contributed by atoms with Crippen LogP contribution in [0.5, 0.6) is 0 Å². The summed E-state index contributed by atoms with van der Waals surface area (Å²) in [6.45, 7) is 1.33. The Morgan fingerprint density at radius 3 is 2.57 bits per heavy atom. The fourth-order valence-electron chi connectivity index (χ4n) is 3.85. The van der Waals surface area contributed by atoms with Gasteiger partial charge in [0.05, 0.1) is 5.56 Å². The lowest BCUT2D eigenvalue weighted by Gasteiger charge is -2.22. The molecule has 5 heteroatoms. The van der Waals surface area contributed by atoms with E-state index in [9.17, 15) is 9.90 Å². The first-order valence-electron chi connectivity index (χ1n) is 9.17. The van der Waals surface area contributed by atoms with Crippen LogP contribution in [-0.2, 0) is 13.0 Å². The summed E-state index contributed by atoms with van der Waals surface area (Å²) in [5.74, 6) is -0.856. The van der Waals surface area contributed by atoms with E-state index >= 15 is 0 Å². The molecule has 0 saturated heterocycles. The van der Waals surface area contributed by atoms with Crippen LogP contribution in [0.15, 0.2) is 66.7 Å². The first kappa shape index (κ1) is 17.8. The van der Waals surface area contributed by atoms with Gasteiger partial charge >= 0.3 is 5.97 Å². The van der Waals surface area contributed by atoms with Gasteiger partial charge in [0.2, 0.25) is 0 Å². The smallest absolute Gasteiger partial charge is 0.336 e. The SMILES string of the molecule is N=C(N)c1ccc2c(c1)CCN2Cc1cccc(-c2ccccc2)c1C(=O)O. The summed E-state index contributed by atoms with van der Waals surface area (Å²) in [5, 5.41) is 17.5. The minimum absolute atomic E-state index is 0.0602. The molecule has 0 radical (unpaired) electrons. The fraction of sp³-hybridized carbons (Fsp3) is 0.130. The molecule has 1 heterocycles. The standard InChI is InChI=1S/C23H21N3O2/c24-22(25)17-9-10-20-16(13-17)11-12-26(20)14-18-7-4-8-19(21(18)23(27)28)15-5-2-1-3-6-15/h1-10,13H,11-12,14H2,(H3,24,25)(H,27,28). The Morgan fingerprint density at radius 2 is 1.86 bits per heavy atom. The number of nitrogens with two attached hydrogens (primary N) is 1. The lowest BCUT2D eigenvalue weighted by atomic mass is 9.95. The maximum atomic E-state index is 12.1. The summed E-state index contributed by atoms with van der Waals surface area (Å²) in [6, 6.07) is 21.0. The molecule has 0 unspecified atom stereocenters. The molecule has 1 aliphatic rings. The quantitative estimate of drug-likeness (QED) is 0.469. The molecule has 4 rings (SSSR count). The molecule has 4 N–H and O–H groups in total. The predicted octanol–water partition coefficient (Wildman–Crippen LogP) is 3.90. The maximum absolute atomic E-state index is 12.1. The fourth-order valence-corrected chi connectivity index (χ4v) is 3.85. The normalized spacial score (nSPS) is 12.6. The molecular weight excluding hydrogens is 350 g/mol. The van der Waals surface area contributed by atoms with Gasteiger partial charge in [0, 0.05) is 24.3 Å². The number of carbonyl (C=O) groups is 1. The van der Waals surface area contributed by atoms with Gasteiger partial charge in [-0.15, -0.1) is 0 Å². The number of anilines is 1. The molecule has 0 saturated carbocycles. The van der Waals surface area contributed by atoms with Gasteiger partial charge in [-0.3, -0.25) is 5.41 Å². The molecule has 3 aromatic rings. The van der Waals surface area contributed by atoms with E-state index in [-0.39, 0.29) is 5.84 Å². The second-order valence-electron chi connectivity index (χ2n) is 6.94. The number of nitrogens with one attached hydrogen (secondary N) is 1. The lowest BCUT2D eigenvalue weighted by Crippen LogP contribution is -2.21. The predicted molar refractivity (Wildman–Crippen MR) is 111 cm³/mol. The first-order valence-corrected chi connectivity index (χ1v) is 9.17. The summed E-state index contributed by atoms with van der Waals surface area (Å²) in [7, 11) is 0. The Morgan fingerprint density at radius 1 is 1.07 bits per heavy atom. The molecule has 140 valence electrons. The summed E-state index contributed by atoms with van der Waals surface area (Å²) in [5.41, 5.74) is 11.3. The average molecular weight is 371 g/mol. The highest BCUT2D eigenvalue weighted by molar-refractivity contribution is 5.98. The average Bonchev–Trinajstić information content (AvgIpc) is 3.10. The molecule has 0 spiro atoms. The Balaban J connectivity index is 1.71. The van der Waals surface area contributed by atoms with Crippen LogP contribution in [0.25, 0.3) is 11.1 Å². The highest BCUT2D eigenvalue weighted by atomic mass is 16.4. The number of carboxylic acids is 1. The van der Waals surface area contributed by atoms with E-state index in [1.165, 1.54) is 0 Å². The Hall–Kier alpha value is -3.60. The Bertz CT molecular complexity index is 1060. The van der Waals surface area contributed by atoms with Gasteiger partial charge in [0.15, 0.2) is 0 Å². The van der Waals surface area contributed by atoms with Crippen molar-refractivity contribution >= 4 is 17.5 Å². The summed E-state index contributed by atoms with van der Waals surface area (Å²) in [6.07, 6.45) is 0.858. The minimum atomic E-state index is -0.916. The zero-order valence-corrected chi connectivity index (χ0v) is 15.4. The van der Waals surface area contributed by atoms with E-state index in [0.29, 0.717) is 12.1 Å². The number of benzene rings is 3. The number of nitrogen functional groups attached to an aromatic ring is 1. The molecule has 0 aliphatic carbocycles. The monoisotopic (exact) mass is 371 g/mol. The number of hydrogen-bond acceptors (Lipinski definition) is 3. The third-order valence-electron chi connectivity index (χ3n) is 5.19. The molecule has 0 atom stereocenters. The number of nitrogens with zero attached hydrogens (tertiary/aromatic N) is 1. The molecular formula is C23H21N3O2. The highest BCUT2D eigenvalue weighted by Gasteiger charge is 2.23. The van der Waals surface area contributed by atoms with E-state index < -0.39 is 5.97 Å². The van der Waals surface area contributed by atoms with E-state index in [4.69, 9.17) is 11.1 Å². The van der Waals surface area contributed by atoms with Crippen molar-refractivity contribution in [1.82, 2.24) is 0 Å². The van der Waals surface area contributed by atoms with Crippen LogP contribution in [0.1, 0.15) is 27.0 Å². The van der Waals surface area contributed by atoms with Crippen LogP contribution < -0.4 is 10.6 Å². The zero-order chi connectivity index (χ0) is 19.7. The third-order valence-corrected chi connectivity index (χ3v) is 5.19. The number of carboxylic acid groups (broad SMARTS) is 1. The van der Waals surface area contributed by atoms with Gasteiger partial charge < -0.3 is 15.7 Å². The molecule has 0 bridgehead atoms. The van der Waals surface area contributed by atoms with Crippen molar-refractivity contribution in [1.29, 1.82) is 5.41 Å². The molecule has 5 nitrogen and oxygen atoms in total. The van der Waals surface area contributed by atoms with Crippen molar-refractivity contribution in [3.63, 3.8) is 0 Å². The molecule has 3 aromatic carbocycles. The van der Waals surface area contributed by atoms with Crippen LogP contribution >= 0.6 is 0 Å². The van der Waals surface area contributed by atoms with E-state index in [2.05, 4.69) is 4.90 Å². The molecule has 0 amide bonds. The largest absolute Gasteiger partial charge is 0.478 e. The van der Waals surface area contributed by atoms with Gasteiger partial charge in [0.1, 0.15) is 5.84 Å². The van der Waals surface area contributed by atoms with Gasteiger partial charge in [-0.25, -0.2) is 4.79 Å². The number of fused-ring (bicyclic) bond motifs is 1. The minimum Gasteiger partial charge on any atom is -0.478 e. The van der Waals surface area contributed by atoms with Crippen molar-refractivity contribution in [2.75, 3.05) is 11.4 Å². The van der Waals surface area contributed by atoms with Crippen molar-refractivity contribution in [2.45, 2.75) is 13.0 Å². The number of aromatic carboxylic acids is 1. The highest BCUT2D eigenvalue weighted by Crippen LogP contribution is 2.33. The van der Waals surface area contributed by atoms with Crippen molar-refractivity contribution < 1.29 is 9.90 Å². The van der Waals surface area contributed by atoms with Crippen LogP contribution in [-0.4, -0.2) is 23.5 Å². The topological polar surface area (TPSA) is 90.4 Å². The Labute approximate surface area is 163 Å². The van der Waals surface area contributed by atoms with Crippen molar-refractivity contribution in [3.8, 4) is 11.1 Å². The number of hydrogen-bond donors (Lipinski definition) is 3. The number of amidine groups is 1. The van der Waals surface area contributed by atoms with E-state index in [1.807, 2.05) is 66.7 Å². The summed E-state index contributed by atoms with van der Waals surface area (Å²) >= 11 is 0. The lowest BCUT2D eigenvalue weighted by molar-refractivity contribution is 0.0696. The second-order valence-corrected chi connectivity index (χ2v) is 6.94. The van der Waals surface area contributed by atoms with E-state index in [1.54, 1.807) is 0 Å². The first-order chi connectivity index (χ1) is 13.5. The molecule has 1 aliphatic heterocycles. The van der Waals surface area contributed by atoms with Crippen LogP contribution in [0.2, 0.25) is 0 Å². The second kappa shape index (κ2) is 7.19. The van der Waals surface area contributed by atoms with Crippen LogP contribution in [0.3, 0.4) is 0 Å². The van der Waals surface area contributed by atoms with Gasteiger partial charge in [-0.05, 0) is 46.9 Å². The molecule has 0 fully saturated rings. The van der Waals surface area contributed by atoms with Crippen LogP contribution in [0, 0.1) is 5.41 Å². The van der Waals surface area contributed by atoms with Crippen LogP contribution in [0.4, 0.5) is 5.69 Å². The summed E-state index contributed by atoms with van der Waals surface area (Å²) < 4.78 is 0. The maximum Gasteiger partial charge on any atom is 0.336 e. The summed E-state index contributed by atoms with van der Waals surface area (Å²) in [4.78, 5) is 14.3. The van der Waals surface area contributed by atoms with Crippen molar-refractivity contribution in [2.24, 2.45) is 5.73 Å². The van der Waals surface area contributed by atoms with Gasteiger partial charge in [0.25, 0.3) is 0 Å². The number of rotatable bonds is 5. The Kier molecular flexibility index (Phi) is 4.57. The van der Waals surface area contributed by atoms with Gasteiger partial charge in [-0.2, -0.15) is 0 Å². The molecule has 28 heavy (non-hydrogen) atoms. The van der Waals surface area contributed by atoms with E-state index in [0.717, 1.165) is 46.5 Å². The molecule has 0 aromatic heterocycles. The van der Waals surface area contributed by atoms with Crippen molar-refractivity contribution in [3.05, 3.63) is 89.0 Å². The third kappa shape index (κ3) is 3.22. The van der Waals surface area contributed by atoms with Gasteiger partial charge in [-0.1, -0.05) is 48.5 Å². The zero-order valence-electron chi connectivity index (χ0n) is 15.4.